The lowest BCUT2D eigenvalue weighted by Crippen LogP contribution is -2.30. The molecule has 7 nitrogen and oxygen atoms in total. The van der Waals surface area contributed by atoms with Crippen LogP contribution in [0, 0.1) is 6.92 Å². The van der Waals surface area contributed by atoms with E-state index >= 15 is 0 Å². The third-order valence-corrected chi connectivity index (χ3v) is 5.22. The lowest BCUT2D eigenvalue weighted by molar-refractivity contribution is 0.0697. The van der Waals surface area contributed by atoms with E-state index in [9.17, 15) is 13.2 Å². The SMILES string of the molecule is Cc1cc(CS(=O)(=O)N2CCc3cc(C(=O)O)ccc32)on1. The van der Waals surface area contributed by atoms with Crippen LogP contribution < -0.4 is 4.31 Å². The summed E-state index contributed by atoms with van der Waals surface area (Å²) >= 11 is 0. The van der Waals surface area contributed by atoms with Gasteiger partial charge in [0.2, 0.25) is 10.0 Å². The fraction of sp³-hybridized carbons (Fsp3) is 0.286. The number of aromatic nitrogens is 1. The lowest BCUT2D eigenvalue weighted by atomic mass is 10.1. The molecule has 0 amide bonds. The zero-order chi connectivity index (χ0) is 15.9. The van der Waals surface area contributed by atoms with Gasteiger partial charge in [-0.25, -0.2) is 13.2 Å². The smallest absolute Gasteiger partial charge is 0.335 e. The van der Waals surface area contributed by atoms with Crippen LogP contribution in [0.4, 0.5) is 5.69 Å². The first-order valence-electron chi connectivity index (χ1n) is 6.65. The Kier molecular flexibility index (Phi) is 3.40. The van der Waals surface area contributed by atoms with E-state index in [1.807, 2.05) is 0 Å². The van der Waals surface area contributed by atoms with Gasteiger partial charge < -0.3 is 9.63 Å². The first-order chi connectivity index (χ1) is 10.4. The van der Waals surface area contributed by atoms with Gasteiger partial charge in [0.1, 0.15) is 5.75 Å². The van der Waals surface area contributed by atoms with Gasteiger partial charge in [0.15, 0.2) is 5.76 Å². The highest BCUT2D eigenvalue weighted by molar-refractivity contribution is 7.92. The van der Waals surface area contributed by atoms with Crippen molar-refractivity contribution in [2.75, 3.05) is 10.8 Å². The molecule has 1 aliphatic rings. The van der Waals surface area contributed by atoms with Crippen LogP contribution in [0.25, 0.3) is 0 Å². The largest absolute Gasteiger partial charge is 0.478 e. The quantitative estimate of drug-likeness (QED) is 0.917. The van der Waals surface area contributed by atoms with Crippen molar-refractivity contribution in [3.05, 3.63) is 46.8 Å². The summed E-state index contributed by atoms with van der Waals surface area (Å²) in [7, 11) is -3.59. The molecule has 1 aliphatic heterocycles. The van der Waals surface area contributed by atoms with Crippen molar-refractivity contribution >= 4 is 21.7 Å². The molecule has 0 bridgehead atoms. The molecule has 0 saturated carbocycles. The van der Waals surface area contributed by atoms with Gasteiger partial charge in [-0.2, -0.15) is 0 Å². The zero-order valence-corrected chi connectivity index (χ0v) is 12.6. The van der Waals surface area contributed by atoms with E-state index in [0.717, 1.165) is 5.56 Å². The molecule has 8 heteroatoms. The third-order valence-electron chi connectivity index (χ3n) is 3.52. The molecule has 0 radical (unpaired) electrons. The normalized spacial score (nSPS) is 14.1. The van der Waals surface area contributed by atoms with Crippen LogP contribution >= 0.6 is 0 Å². The molecule has 0 spiro atoms. The average Bonchev–Trinajstić information content (AvgIpc) is 3.03. The number of carboxylic acids is 1. The first kappa shape index (κ1) is 14.6. The van der Waals surface area contributed by atoms with Gasteiger partial charge in [-0.15, -0.1) is 0 Å². The average molecular weight is 322 g/mol. The maximum absolute atomic E-state index is 12.5. The molecule has 2 aromatic rings. The monoisotopic (exact) mass is 322 g/mol. The van der Waals surface area contributed by atoms with Gasteiger partial charge in [0.25, 0.3) is 0 Å². The van der Waals surface area contributed by atoms with E-state index in [1.54, 1.807) is 13.0 Å². The Morgan fingerprint density at radius 2 is 2.18 bits per heavy atom. The van der Waals surface area contributed by atoms with Crippen LogP contribution in [-0.4, -0.2) is 31.2 Å². The van der Waals surface area contributed by atoms with E-state index in [1.165, 1.54) is 22.5 Å². The number of nitrogens with zero attached hydrogens (tertiary/aromatic N) is 2. The van der Waals surface area contributed by atoms with E-state index in [-0.39, 0.29) is 17.1 Å². The van der Waals surface area contributed by atoms with Crippen LogP contribution in [-0.2, 0) is 22.2 Å². The van der Waals surface area contributed by atoms with Crippen LogP contribution in [0.2, 0.25) is 0 Å². The highest BCUT2D eigenvalue weighted by atomic mass is 32.2. The maximum atomic E-state index is 12.5. The molecule has 1 aromatic heterocycles. The molecule has 0 aliphatic carbocycles. The van der Waals surface area contributed by atoms with Crippen LogP contribution in [0.3, 0.4) is 0 Å². The highest BCUT2D eigenvalue weighted by Gasteiger charge is 2.31. The number of sulfonamides is 1. The molecule has 0 unspecified atom stereocenters. The fourth-order valence-electron chi connectivity index (χ4n) is 2.54. The van der Waals surface area contributed by atoms with Crippen molar-refractivity contribution < 1.29 is 22.8 Å². The predicted molar refractivity (Wildman–Crippen MR) is 78.3 cm³/mol. The van der Waals surface area contributed by atoms with Crippen LogP contribution in [0.1, 0.15) is 27.4 Å². The van der Waals surface area contributed by atoms with Crippen molar-refractivity contribution in [2.24, 2.45) is 0 Å². The highest BCUT2D eigenvalue weighted by Crippen LogP contribution is 2.32. The second kappa shape index (κ2) is 5.13. The Morgan fingerprint density at radius 3 is 2.82 bits per heavy atom. The van der Waals surface area contributed by atoms with Crippen molar-refractivity contribution in [1.29, 1.82) is 0 Å². The van der Waals surface area contributed by atoms with Gasteiger partial charge in [0, 0.05) is 12.6 Å². The number of hydrogen-bond donors (Lipinski definition) is 1. The summed E-state index contributed by atoms with van der Waals surface area (Å²) in [5.41, 5.74) is 2.03. The predicted octanol–water partition coefficient (Wildman–Crippen LogP) is 1.57. The van der Waals surface area contributed by atoms with Crippen molar-refractivity contribution in [3.8, 4) is 0 Å². The Bertz CT molecular complexity index is 841. The molecular formula is C14H14N2O5S. The second-order valence-corrected chi connectivity index (χ2v) is 7.05. The summed E-state index contributed by atoms with van der Waals surface area (Å²) < 4.78 is 31.3. The number of aryl methyl sites for hydroxylation is 1. The van der Waals surface area contributed by atoms with Gasteiger partial charge in [-0.1, -0.05) is 5.16 Å². The maximum Gasteiger partial charge on any atom is 0.335 e. The van der Waals surface area contributed by atoms with Gasteiger partial charge >= 0.3 is 5.97 Å². The summed E-state index contributed by atoms with van der Waals surface area (Å²) in [5.74, 6) is -1.01. The van der Waals surface area contributed by atoms with Crippen molar-refractivity contribution in [3.63, 3.8) is 0 Å². The van der Waals surface area contributed by atoms with Crippen LogP contribution in [0.15, 0.2) is 28.8 Å². The number of aromatic carboxylic acids is 1. The summed E-state index contributed by atoms with van der Waals surface area (Å²) in [6, 6.07) is 6.05. The molecular weight excluding hydrogens is 308 g/mol. The minimum Gasteiger partial charge on any atom is -0.478 e. The van der Waals surface area contributed by atoms with E-state index in [2.05, 4.69) is 5.16 Å². The molecule has 1 aromatic carbocycles. The van der Waals surface area contributed by atoms with Gasteiger partial charge in [0.05, 0.1) is 16.9 Å². The summed E-state index contributed by atoms with van der Waals surface area (Å²) in [6.07, 6.45) is 0.491. The van der Waals surface area contributed by atoms with Crippen molar-refractivity contribution in [1.82, 2.24) is 5.16 Å². The Balaban J connectivity index is 1.90. The Morgan fingerprint density at radius 1 is 1.41 bits per heavy atom. The number of hydrogen-bond acceptors (Lipinski definition) is 5. The Hall–Kier alpha value is -2.35. The zero-order valence-electron chi connectivity index (χ0n) is 11.8. The van der Waals surface area contributed by atoms with E-state index in [4.69, 9.17) is 9.63 Å². The van der Waals surface area contributed by atoms with Crippen molar-refractivity contribution in [2.45, 2.75) is 19.1 Å². The number of benzene rings is 1. The minimum absolute atomic E-state index is 0.156. The molecule has 3 rings (SSSR count). The summed E-state index contributed by atoms with van der Waals surface area (Å²) in [4.78, 5) is 11.0. The van der Waals surface area contributed by atoms with Gasteiger partial charge in [-0.3, -0.25) is 4.31 Å². The topological polar surface area (TPSA) is 101 Å². The van der Waals surface area contributed by atoms with E-state index in [0.29, 0.717) is 24.3 Å². The molecule has 1 N–H and O–H groups in total. The lowest BCUT2D eigenvalue weighted by Gasteiger charge is -2.18. The molecule has 22 heavy (non-hydrogen) atoms. The van der Waals surface area contributed by atoms with Gasteiger partial charge in [-0.05, 0) is 37.1 Å². The number of anilines is 1. The van der Waals surface area contributed by atoms with E-state index < -0.39 is 16.0 Å². The first-order valence-corrected chi connectivity index (χ1v) is 8.26. The number of fused-ring (bicyclic) bond motifs is 1. The minimum atomic E-state index is -3.59. The number of rotatable bonds is 4. The molecule has 2 heterocycles. The molecule has 0 atom stereocenters. The fourth-order valence-corrected chi connectivity index (χ4v) is 4.03. The third kappa shape index (κ3) is 2.57. The number of carboxylic acid groups (broad SMARTS) is 1. The second-order valence-electron chi connectivity index (χ2n) is 5.16. The number of carbonyl (C=O) groups is 1. The Labute approximate surface area is 127 Å². The summed E-state index contributed by atoms with van der Waals surface area (Å²) in [6.45, 7) is 2.02. The molecule has 116 valence electrons. The van der Waals surface area contributed by atoms with Crippen LogP contribution in [0.5, 0.6) is 0 Å². The standard InChI is InChI=1S/C14H14N2O5S/c1-9-6-12(21-15-9)8-22(19,20)16-5-4-10-7-11(14(17)18)2-3-13(10)16/h2-3,6-7H,4-5,8H2,1H3,(H,17,18). The molecule has 0 fully saturated rings. The summed E-state index contributed by atoms with van der Waals surface area (Å²) in [5, 5.41) is 12.7. The molecule has 0 saturated heterocycles.